The number of carboxylic acid groups (broad SMARTS) is 1. The van der Waals surface area contributed by atoms with Crippen LogP contribution < -0.4 is 0 Å². The maximum Gasteiger partial charge on any atom is 0.323 e. The summed E-state index contributed by atoms with van der Waals surface area (Å²) >= 11 is 0. The van der Waals surface area contributed by atoms with Crippen LogP contribution >= 0.6 is 0 Å². The molecule has 1 aromatic carbocycles. The van der Waals surface area contributed by atoms with Crippen molar-refractivity contribution < 1.29 is 24.9 Å². The van der Waals surface area contributed by atoms with Gasteiger partial charge in [-0.3, -0.25) is 9.59 Å². The zero-order valence-corrected chi connectivity index (χ0v) is 9.25. The Bertz CT molecular complexity index is 443. The average Bonchev–Trinajstić information content (AvgIpc) is 2.28. The van der Waals surface area contributed by atoms with Crippen LogP contribution in [-0.4, -0.2) is 45.2 Å². The van der Waals surface area contributed by atoms with Gasteiger partial charge in [0.2, 0.25) is 0 Å². The van der Waals surface area contributed by atoms with Gasteiger partial charge in [0.05, 0.1) is 5.56 Å². The molecule has 0 radical (unpaired) electrons. The molecule has 92 valence electrons. The van der Waals surface area contributed by atoms with Crippen LogP contribution in [-0.2, 0) is 4.79 Å². The topological polar surface area (TPSA) is 98.1 Å². The Morgan fingerprint density at radius 1 is 1.29 bits per heavy atom. The number of phenolic OH excluding ortho intramolecular Hbond substituents is 2. The lowest BCUT2D eigenvalue weighted by Gasteiger charge is -2.19. The van der Waals surface area contributed by atoms with E-state index in [1.54, 1.807) is 6.92 Å². The highest BCUT2D eigenvalue weighted by atomic mass is 16.4. The quantitative estimate of drug-likeness (QED) is 0.670. The molecule has 0 aromatic heterocycles. The van der Waals surface area contributed by atoms with Gasteiger partial charge in [0.1, 0.15) is 6.54 Å². The molecule has 3 N–H and O–H groups in total. The predicted octanol–water partition coefficient (Wildman–Crippen LogP) is 0.644. The number of aliphatic carboxylic acids is 1. The molecular weight excluding hydrogens is 226 g/mol. The van der Waals surface area contributed by atoms with E-state index in [1.807, 2.05) is 0 Å². The number of hydrogen-bond donors (Lipinski definition) is 3. The molecule has 6 heteroatoms. The molecule has 0 heterocycles. The molecule has 0 saturated heterocycles. The van der Waals surface area contributed by atoms with Crippen LogP contribution in [0.5, 0.6) is 11.5 Å². The zero-order valence-electron chi connectivity index (χ0n) is 9.25. The van der Waals surface area contributed by atoms with E-state index in [9.17, 15) is 19.8 Å². The first-order valence-electron chi connectivity index (χ1n) is 4.99. The van der Waals surface area contributed by atoms with Crippen molar-refractivity contribution in [2.24, 2.45) is 0 Å². The molecule has 0 fully saturated rings. The van der Waals surface area contributed by atoms with Crippen LogP contribution in [0.3, 0.4) is 0 Å². The lowest BCUT2D eigenvalue weighted by atomic mass is 10.1. The van der Waals surface area contributed by atoms with Crippen LogP contribution in [0.15, 0.2) is 18.2 Å². The Morgan fingerprint density at radius 3 is 2.47 bits per heavy atom. The highest BCUT2D eigenvalue weighted by Gasteiger charge is 2.21. The first kappa shape index (κ1) is 12.8. The fourth-order valence-electron chi connectivity index (χ4n) is 1.36. The third-order valence-electron chi connectivity index (χ3n) is 2.24. The van der Waals surface area contributed by atoms with E-state index < -0.39 is 29.9 Å². The van der Waals surface area contributed by atoms with Crippen LogP contribution in [0.25, 0.3) is 0 Å². The molecule has 0 aliphatic rings. The van der Waals surface area contributed by atoms with Crippen LogP contribution in [0.4, 0.5) is 0 Å². The fraction of sp³-hybridized carbons (Fsp3) is 0.273. The number of nitrogens with zero attached hydrogens (tertiary/aromatic N) is 1. The molecule has 17 heavy (non-hydrogen) atoms. The Morgan fingerprint density at radius 2 is 1.94 bits per heavy atom. The minimum atomic E-state index is -1.14. The number of benzene rings is 1. The summed E-state index contributed by atoms with van der Waals surface area (Å²) in [5.41, 5.74) is -0.117. The van der Waals surface area contributed by atoms with E-state index in [0.29, 0.717) is 0 Å². The average molecular weight is 239 g/mol. The maximum absolute atomic E-state index is 11.9. The largest absolute Gasteiger partial charge is 0.504 e. The number of likely N-dealkylation sites (N-methyl/N-ethyl adjacent to an activating group) is 1. The van der Waals surface area contributed by atoms with Crippen molar-refractivity contribution in [2.45, 2.75) is 6.92 Å². The van der Waals surface area contributed by atoms with Crippen molar-refractivity contribution in [3.05, 3.63) is 23.8 Å². The number of carbonyl (C=O) groups excluding carboxylic acids is 1. The van der Waals surface area contributed by atoms with Crippen molar-refractivity contribution in [2.75, 3.05) is 13.1 Å². The highest BCUT2D eigenvalue weighted by molar-refractivity contribution is 5.98. The van der Waals surface area contributed by atoms with Gasteiger partial charge < -0.3 is 20.2 Å². The Labute approximate surface area is 97.7 Å². The summed E-state index contributed by atoms with van der Waals surface area (Å²) in [5, 5.41) is 27.4. The summed E-state index contributed by atoms with van der Waals surface area (Å²) in [6.07, 6.45) is 0. The van der Waals surface area contributed by atoms with E-state index in [2.05, 4.69) is 0 Å². The zero-order chi connectivity index (χ0) is 13.0. The van der Waals surface area contributed by atoms with Crippen molar-refractivity contribution in [1.29, 1.82) is 0 Å². The van der Waals surface area contributed by atoms with Crippen molar-refractivity contribution in [3.8, 4) is 11.5 Å². The van der Waals surface area contributed by atoms with Gasteiger partial charge in [-0.1, -0.05) is 6.07 Å². The number of para-hydroxylation sites is 1. The Kier molecular flexibility index (Phi) is 3.92. The van der Waals surface area contributed by atoms with Crippen LogP contribution in [0, 0.1) is 0 Å². The highest BCUT2D eigenvalue weighted by Crippen LogP contribution is 2.28. The minimum Gasteiger partial charge on any atom is -0.504 e. The summed E-state index contributed by atoms with van der Waals surface area (Å²) < 4.78 is 0. The number of phenols is 2. The lowest BCUT2D eigenvalue weighted by Crippen LogP contribution is -2.35. The summed E-state index contributed by atoms with van der Waals surface area (Å²) in [5.74, 6) is -2.73. The van der Waals surface area contributed by atoms with Gasteiger partial charge in [0.15, 0.2) is 11.5 Å². The lowest BCUT2D eigenvalue weighted by molar-refractivity contribution is -0.137. The standard InChI is InChI=1S/C11H13NO5/c1-2-12(6-9(14)15)11(17)7-4-3-5-8(13)10(7)16/h3-5,13,16H,2,6H2,1H3,(H,14,15). The van der Waals surface area contributed by atoms with Gasteiger partial charge in [-0.2, -0.15) is 0 Å². The number of carbonyl (C=O) groups is 2. The number of rotatable bonds is 4. The molecule has 0 aliphatic carbocycles. The molecule has 0 atom stereocenters. The second kappa shape index (κ2) is 5.20. The minimum absolute atomic E-state index is 0.117. The van der Waals surface area contributed by atoms with E-state index in [4.69, 9.17) is 5.11 Å². The number of aromatic hydroxyl groups is 2. The summed E-state index contributed by atoms with van der Waals surface area (Å²) in [4.78, 5) is 23.5. The summed E-state index contributed by atoms with van der Waals surface area (Å²) in [6.45, 7) is 1.37. The molecule has 0 saturated carbocycles. The SMILES string of the molecule is CCN(CC(=O)O)C(=O)c1cccc(O)c1O. The van der Waals surface area contributed by atoms with Gasteiger partial charge in [-0.25, -0.2) is 0 Å². The smallest absolute Gasteiger partial charge is 0.323 e. The summed E-state index contributed by atoms with van der Waals surface area (Å²) in [6, 6.07) is 3.96. The van der Waals surface area contributed by atoms with Crippen LogP contribution in [0.1, 0.15) is 17.3 Å². The normalized spacial score (nSPS) is 9.94. The number of hydrogen-bond acceptors (Lipinski definition) is 4. The van der Waals surface area contributed by atoms with Gasteiger partial charge in [0, 0.05) is 6.54 Å². The first-order valence-corrected chi connectivity index (χ1v) is 4.99. The van der Waals surface area contributed by atoms with Crippen molar-refractivity contribution in [1.82, 2.24) is 4.90 Å². The molecule has 0 bridgehead atoms. The molecule has 0 aliphatic heterocycles. The molecule has 0 spiro atoms. The van der Waals surface area contributed by atoms with E-state index >= 15 is 0 Å². The second-order valence-corrected chi connectivity index (χ2v) is 3.39. The summed E-state index contributed by atoms with van der Waals surface area (Å²) in [7, 11) is 0. The van der Waals surface area contributed by atoms with Gasteiger partial charge in [0.25, 0.3) is 5.91 Å². The number of amides is 1. The van der Waals surface area contributed by atoms with E-state index in [1.165, 1.54) is 18.2 Å². The first-order chi connectivity index (χ1) is 7.97. The van der Waals surface area contributed by atoms with Gasteiger partial charge >= 0.3 is 5.97 Å². The fourth-order valence-corrected chi connectivity index (χ4v) is 1.36. The molecule has 0 unspecified atom stereocenters. The molecule has 1 rings (SSSR count). The molecule has 6 nitrogen and oxygen atoms in total. The second-order valence-electron chi connectivity index (χ2n) is 3.39. The van der Waals surface area contributed by atoms with Crippen molar-refractivity contribution >= 4 is 11.9 Å². The predicted molar refractivity (Wildman–Crippen MR) is 59.0 cm³/mol. The Balaban J connectivity index is 3.02. The molecular formula is C11H13NO5. The monoisotopic (exact) mass is 239 g/mol. The number of carboxylic acids is 1. The third kappa shape index (κ3) is 2.87. The van der Waals surface area contributed by atoms with Crippen LogP contribution in [0.2, 0.25) is 0 Å². The molecule has 1 aromatic rings. The maximum atomic E-state index is 11.9. The van der Waals surface area contributed by atoms with Gasteiger partial charge in [-0.05, 0) is 19.1 Å². The van der Waals surface area contributed by atoms with Gasteiger partial charge in [-0.15, -0.1) is 0 Å². The van der Waals surface area contributed by atoms with E-state index in [-0.39, 0.29) is 12.1 Å². The Hall–Kier alpha value is -2.24. The van der Waals surface area contributed by atoms with E-state index in [0.717, 1.165) is 4.90 Å². The molecule has 1 amide bonds. The van der Waals surface area contributed by atoms with Crippen molar-refractivity contribution in [3.63, 3.8) is 0 Å². The third-order valence-corrected chi connectivity index (χ3v) is 2.24.